The van der Waals surface area contributed by atoms with Gasteiger partial charge in [0.2, 0.25) is 10.0 Å². The summed E-state index contributed by atoms with van der Waals surface area (Å²) in [6.45, 7) is 3.26. The number of carbonyl (C=O) groups excluding carboxylic acids is 1. The number of hydrogen-bond acceptors (Lipinski definition) is 3. The van der Waals surface area contributed by atoms with E-state index in [1.807, 2.05) is 0 Å². The van der Waals surface area contributed by atoms with E-state index in [0.717, 1.165) is 6.07 Å². The molecule has 0 aliphatic rings. The minimum Gasteiger partial charge on any atom is -0.370 e. The first kappa shape index (κ1) is 14.1. The monoisotopic (exact) mass is 270 g/mol. The van der Waals surface area contributed by atoms with Crippen molar-refractivity contribution in [1.82, 2.24) is 0 Å². The van der Waals surface area contributed by atoms with E-state index in [1.165, 1.54) is 6.07 Å². The quantitative estimate of drug-likeness (QED) is 0.484. The van der Waals surface area contributed by atoms with Crippen molar-refractivity contribution in [1.29, 1.82) is 0 Å². The highest BCUT2D eigenvalue weighted by atomic mass is 32.2. The molecule has 6 N–H and O–H groups in total. The number of aryl methyl sites for hydroxylation is 1. The van der Waals surface area contributed by atoms with Crippen molar-refractivity contribution in [2.24, 2.45) is 21.6 Å². The van der Waals surface area contributed by atoms with Gasteiger partial charge in [-0.3, -0.25) is 4.79 Å². The van der Waals surface area contributed by atoms with Crippen LogP contribution in [0.15, 0.2) is 22.0 Å². The molecule has 0 atom stereocenters. The van der Waals surface area contributed by atoms with E-state index >= 15 is 0 Å². The van der Waals surface area contributed by atoms with Crippen molar-refractivity contribution in [3.8, 4) is 0 Å². The SMILES string of the molecule is Cc1cc(C(=O)N=C(N)N)cc(S(N)(=O)=O)c1C. The van der Waals surface area contributed by atoms with Gasteiger partial charge in [-0.15, -0.1) is 0 Å². The van der Waals surface area contributed by atoms with Gasteiger partial charge in [-0.1, -0.05) is 0 Å². The number of nitrogens with two attached hydrogens (primary N) is 3. The second-order valence-electron chi connectivity index (χ2n) is 3.80. The van der Waals surface area contributed by atoms with Gasteiger partial charge in [0.15, 0.2) is 5.96 Å². The second-order valence-corrected chi connectivity index (χ2v) is 5.33. The van der Waals surface area contributed by atoms with Crippen LogP contribution in [-0.2, 0) is 10.0 Å². The summed E-state index contributed by atoms with van der Waals surface area (Å²) in [4.78, 5) is 14.8. The fourth-order valence-corrected chi connectivity index (χ4v) is 2.31. The molecule has 1 amide bonds. The summed E-state index contributed by atoms with van der Waals surface area (Å²) >= 11 is 0. The molecule has 98 valence electrons. The molecule has 0 radical (unpaired) electrons. The van der Waals surface area contributed by atoms with Gasteiger partial charge in [-0.25, -0.2) is 13.6 Å². The lowest BCUT2D eigenvalue weighted by atomic mass is 10.1. The Kier molecular flexibility index (Phi) is 3.73. The average molecular weight is 270 g/mol. The molecule has 1 aromatic rings. The highest BCUT2D eigenvalue weighted by Crippen LogP contribution is 2.20. The fraction of sp³-hybridized carbons (Fsp3) is 0.200. The number of aliphatic imine (C=N–C) groups is 1. The molecule has 0 aliphatic heterocycles. The Morgan fingerprint density at radius 1 is 1.22 bits per heavy atom. The van der Waals surface area contributed by atoms with Gasteiger partial charge in [0.1, 0.15) is 0 Å². The van der Waals surface area contributed by atoms with Crippen molar-refractivity contribution < 1.29 is 13.2 Å². The van der Waals surface area contributed by atoms with Gasteiger partial charge >= 0.3 is 0 Å². The Morgan fingerprint density at radius 2 is 1.78 bits per heavy atom. The molecule has 0 aliphatic carbocycles. The summed E-state index contributed by atoms with van der Waals surface area (Å²) in [7, 11) is -3.90. The number of rotatable bonds is 2. The molecule has 8 heteroatoms. The number of sulfonamides is 1. The molecular weight excluding hydrogens is 256 g/mol. The Hall–Kier alpha value is -1.93. The predicted molar refractivity (Wildman–Crippen MR) is 67.4 cm³/mol. The lowest BCUT2D eigenvalue weighted by Gasteiger charge is -2.08. The summed E-state index contributed by atoms with van der Waals surface area (Å²) in [6.07, 6.45) is 0. The molecular formula is C10H14N4O3S. The van der Waals surface area contributed by atoms with Crippen molar-refractivity contribution in [3.05, 3.63) is 28.8 Å². The van der Waals surface area contributed by atoms with Crippen molar-refractivity contribution in [2.45, 2.75) is 18.7 Å². The van der Waals surface area contributed by atoms with E-state index in [4.69, 9.17) is 16.6 Å². The van der Waals surface area contributed by atoms with Gasteiger partial charge in [-0.05, 0) is 37.1 Å². The number of primary sulfonamides is 1. The molecule has 7 nitrogen and oxygen atoms in total. The first-order valence-corrected chi connectivity index (χ1v) is 6.45. The summed E-state index contributed by atoms with van der Waals surface area (Å²) in [6, 6.07) is 2.66. The second kappa shape index (κ2) is 4.75. The topological polar surface area (TPSA) is 142 Å². The smallest absolute Gasteiger partial charge is 0.280 e. The lowest BCUT2D eigenvalue weighted by molar-refractivity contribution is 0.100. The third kappa shape index (κ3) is 3.05. The zero-order chi connectivity index (χ0) is 14.1. The first-order valence-electron chi connectivity index (χ1n) is 4.91. The minimum atomic E-state index is -3.90. The summed E-state index contributed by atoms with van der Waals surface area (Å²) < 4.78 is 22.8. The van der Waals surface area contributed by atoms with Crippen LogP contribution in [0.5, 0.6) is 0 Å². The van der Waals surface area contributed by atoms with E-state index in [1.54, 1.807) is 13.8 Å². The van der Waals surface area contributed by atoms with Crippen LogP contribution in [0.25, 0.3) is 0 Å². The summed E-state index contributed by atoms with van der Waals surface area (Å²) in [5.41, 5.74) is 11.3. The van der Waals surface area contributed by atoms with Crippen LogP contribution >= 0.6 is 0 Å². The fourth-order valence-electron chi connectivity index (χ4n) is 1.43. The molecule has 1 aromatic carbocycles. The van der Waals surface area contributed by atoms with Gasteiger partial charge in [-0.2, -0.15) is 4.99 Å². The average Bonchev–Trinajstić information content (AvgIpc) is 2.18. The number of carbonyl (C=O) groups is 1. The molecule has 0 aromatic heterocycles. The lowest BCUT2D eigenvalue weighted by Crippen LogP contribution is -2.24. The molecule has 0 fully saturated rings. The van der Waals surface area contributed by atoms with E-state index in [0.29, 0.717) is 11.1 Å². The molecule has 0 unspecified atom stereocenters. The largest absolute Gasteiger partial charge is 0.370 e. The van der Waals surface area contributed by atoms with E-state index in [2.05, 4.69) is 4.99 Å². The van der Waals surface area contributed by atoms with Crippen LogP contribution in [0.4, 0.5) is 0 Å². The highest BCUT2D eigenvalue weighted by molar-refractivity contribution is 7.89. The Balaban J connectivity index is 3.48. The Morgan fingerprint density at radius 3 is 2.22 bits per heavy atom. The molecule has 1 rings (SSSR count). The molecule has 0 saturated carbocycles. The Labute approximate surface area is 105 Å². The molecule has 0 bridgehead atoms. The van der Waals surface area contributed by atoms with Crippen molar-refractivity contribution in [3.63, 3.8) is 0 Å². The van der Waals surface area contributed by atoms with E-state index in [9.17, 15) is 13.2 Å². The standard InChI is InChI=1S/C10H14N4O3S/c1-5-3-7(9(15)14-10(11)12)4-8(6(5)2)18(13,16)17/h3-4H,1-2H3,(H2,13,16,17)(H4,11,12,14,15). The molecule has 0 spiro atoms. The maximum atomic E-state index is 11.6. The number of hydrogen-bond donors (Lipinski definition) is 3. The normalized spacial score (nSPS) is 11.1. The molecule has 0 saturated heterocycles. The zero-order valence-electron chi connectivity index (χ0n) is 9.97. The third-order valence-electron chi connectivity index (χ3n) is 2.40. The molecule has 18 heavy (non-hydrogen) atoms. The van der Waals surface area contributed by atoms with Gasteiger partial charge in [0.25, 0.3) is 5.91 Å². The van der Waals surface area contributed by atoms with E-state index in [-0.39, 0.29) is 10.5 Å². The van der Waals surface area contributed by atoms with Crippen LogP contribution in [-0.4, -0.2) is 20.3 Å². The van der Waals surface area contributed by atoms with Crippen LogP contribution in [0.1, 0.15) is 21.5 Å². The van der Waals surface area contributed by atoms with Crippen LogP contribution in [0.2, 0.25) is 0 Å². The van der Waals surface area contributed by atoms with E-state index < -0.39 is 21.9 Å². The third-order valence-corrected chi connectivity index (χ3v) is 3.44. The number of benzene rings is 1. The van der Waals surface area contributed by atoms with Crippen LogP contribution < -0.4 is 16.6 Å². The highest BCUT2D eigenvalue weighted by Gasteiger charge is 2.17. The number of nitrogens with zero attached hydrogens (tertiary/aromatic N) is 1. The maximum absolute atomic E-state index is 11.6. The predicted octanol–water partition coefficient (Wildman–Crippen LogP) is -0.636. The van der Waals surface area contributed by atoms with Crippen LogP contribution in [0.3, 0.4) is 0 Å². The van der Waals surface area contributed by atoms with Crippen LogP contribution in [0, 0.1) is 13.8 Å². The summed E-state index contributed by atoms with van der Waals surface area (Å²) in [5.74, 6) is -1.11. The number of guanidine groups is 1. The first-order chi connectivity index (χ1) is 8.12. The van der Waals surface area contributed by atoms with Crippen molar-refractivity contribution in [2.75, 3.05) is 0 Å². The van der Waals surface area contributed by atoms with Gasteiger partial charge in [0.05, 0.1) is 4.90 Å². The van der Waals surface area contributed by atoms with Gasteiger partial charge < -0.3 is 11.5 Å². The Bertz CT molecular complexity index is 631. The minimum absolute atomic E-state index is 0.0653. The van der Waals surface area contributed by atoms with Gasteiger partial charge in [0, 0.05) is 5.56 Å². The maximum Gasteiger partial charge on any atom is 0.280 e. The number of amides is 1. The zero-order valence-corrected chi connectivity index (χ0v) is 10.8. The van der Waals surface area contributed by atoms with Crippen molar-refractivity contribution >= 4 is 21.9 Å². The molecule has 0 heterocycles. The summed E-state index contributed by atoms with van der Waals surface area (Å²) in [5, 5.41) is 5.07.